The molecule has 1 aromatic rings. The monoisotopic (exact) mass is 541 g/mol. The van der Waals surface area contributed by atoms with Gasteiger partial charge in [-0.2, -0.15) is 0 Å². The number of esters is 1. The maximum atomic E-state index is 13.4. The van der Waals surface area contributed by atoms with Gasteiger partial charge < -0.3 is 19.7 Å². The minimum absolute atomic E-state index is 0.148. The number of nitrogens with zero attached hydrogens (tertiary/aromatic N) is 1. The highest BCUT2D eigenvalue weighted by Gasteiger charge is 2.56. The lowest BCUT2D eigenvalue weighted by Gasteiger charge is -2.35. The Morgan fingerprint density at radius 3 is 2.64 bits per heavy atom. The second-order valence-corrected chi connectivity index (χ2v) is 11.6. The number of aliphatic hydroxyl groups excluding tert-OH is 2. The maximum Gasteiger partial charge on any atom is 0.309 e. The van der Waals surface area contributed by atoms with Crippen molar-refractivity contribution in [3.63, 3.8) is 0 Å². The van der Waals surface area contributed by atoms with Crippen LogP contribution in [0.3, 0.4) is 0 Å². The summed E-state index contributed by atoms with van der Waals surface area (Å²) in [6.07, 6.45) is 2.03. The average Bonchev–Trinajstić information content (AvgIpc) is 3.47. The highest BCUT2D eigenvalue weighted by atomic mass is 35.5. The summed E-state index contributed by atoms with van der Waals surface area (Å²) < 4.78 is 11.5. The molecule has 36 heavy (non-hydrogen) atoms. The molecule has 7 atom stereocenters. The number of carbonyl (C=O) groups excluding carboxylic acids is 2. The number of rotatable bonds is 3. The molecule has 9 heteroatoms. The van der Waals surface area contributed by atoms with E-state index in [0.29, 0.717) is 31.4 Å². The molecule has 2 saturated heterocycles. The molecule has 1 aromatic heterocycles. The molecule has 0 aliphatic carbocycles. The number of carbonyl (C=O) groups is 2. The predicted molar refractivity (Wildman–Crippen MR) is 138 cm³/mol. The van der Waals surface area contributed by atoms with Gasteiger partial charge in [-0.1, -0.05) is 57.0 Å². The maximum absolute atomic E-state index is 13.4. The van der Waals surface area contributed by atoms with Crippen molar-refractivity contribution in [3.05, 3.63) is 35.1 Å². The van der Waals surface area contributed by atoms with Gasteiger partial charge in [-0.3, -0.25) is 14.6 Å². The third kappa shape index (κ3) is 6.87. The molecular formula is C27H37Cl2NO6. The molecule has 0 radical (unpaired) electrons. The van der Waals surface area contributed by atoms with Gasteiger partial charge in [0, 0.05) is 18.5 Å². The smallest absolute Gasteiger partial charge is 0.309 e. The lowest BCUT2D eigenvalue weighted by atomic mass is 9.71. The van der Waals surface area contributed by atoms with Gasteiger partial charge in [0.2, 0.25) is 0 Å². The van der Waals surface area contributed by atoms with E-state index < -0.39 is 47.1 Å². The largest absolute Gasteiger partial charge is 0.456 e. The summed E-state index contributed by atoms with van der Waals surface area (Å²) in [5.74, 6) is -1.78. The van der Waals surface area contributed by atoms with E-state index in [0.717, 1.165) is 0 Å². The van der Waals surface area contributed by atoms with Crippen LogP contribution >= 0.6 is 23.2 Å². The van der Waals surface area contributed by atoms with Gasteiger partial charge in [-0.05, 0) is 49.8 Å². The van der Waals surface area contributed by atoms with E-state index in [1.54, 1.807) is 38.3 Å². The fourth-order valence-electron chi connectivity index (χ4n) is 4.83. The zero-order chi connectivity index (χ0) is 26.7. The predicted octanol–water partition coefficient (Wildman–Crippen LogP) is 4.85. The van der Waals surface area contributed by atoms with Crippen LogP contribution in [0.1, 0.15) is 71.9 Å². The molecular weight excluding hydrogens is 505 g/mol. The number of fused-ring (bicyclic) bond motifs is 1. The number of halogens is 2. The Hall–Kier alpha value is -1.51. The highest BCUT2D eigenvalue weighted by molar-refractivity contribution is 6.32. The number of hydrogen-bond acceptors (Lipinski definition) is 7. The van der Waals surface area contributed by atoms with Crippen LogP contribution in [0, 0.1) is 17.3 Å². The molecule has 7 nitrogen and oxygen atoms in total. The molecule has 2 unspecified atom stereocenters. The summed E-state index contributed by atoms with van der Waals surface area (Å²) in [4.78, 5) is 30.5. The third-order valence-corrected chi connectivity index (χ3v) is 8.40. The first-order valence-electron chi connectivity index (χ1n) is 12.6. The lowest BCUT2D eigenvalue weighted by molar-refractivity contribution is -0.154. The van der Waals surface area contributed by atoms with Gasteiger partial charge in [-0.15, -0.1) is 0 Å². The second-order valence-electron chi connectivity index (χ2n) is 10.6. The van der Waals surface area contributed by atoms with Crippen LogP contribution in [0.25, 0.3) is 6.08 Å². The van der Waals surface area contributed by atoms with Crippen molar-refractivity contribution >= 4 is 41.0 Å². The molecule has 0 saturated carbocycles. The van der Waals surface area contributed by atoms with Crippen molar-refractivity contribution in [2.75, 3.05) is 0 Å². The standard InChI is InChI=1S/C27H37Cl2NO6/c1-5-18-24(33)16(2)9-8-11-27(29)22(36-27)14-20(19(28)13-17-10-6-7-12-30-17)35-23(32)15-21(31)26(3,4)25(18)34/h6-7,10,12-13,16,18,20-22,24,31,33H,5,8-9,11,14-15H2,1-4H3/b19-13-/t16-,18+,20-,21-,22?,24-,27?/m0/s1. The number of ether oxygens (including phenoxy) is 2. The summed E-state index contributed by atoms with van der Waals surface area (Å²) in [7, 11) is 0. The van der Waals surface area contributed by atoms with E-state index in [1.165, 1.54) is 0 Å². The molecule has 200 valence electrons. The van der Waals surface area contributed by atoms with Crippen LogP contribution in [0.15, 0.2) is 29.4 Å². The molecule has 3 heterocycles. The number of ketones is 1. The Labute approximate surface area is 223 Å². The Kier molecular flexibility index (Phi) is 9.61. The topological polar surface area (TPSA) is 109 Å². The average molecular weight is 543 g/mol. The quantitative estimate of drug-likeness (QED) is 0.319. The second kappa shape index (κ2) is 11.9. The fourth-order valence-corrected chi connectivity index (χ4v) is 5.41. The molecule has 0 spiro atoms. The lowest BCUT2D eigenvalue weighted by Crippen LogP contribution is -2.46. The van der Waals surface area contributed by atoms with E-state index in [1.807, 2.05) is 19.9 Å². The van der Waals surface area contributed by atoms with E-state index in [-0.39, 0.29) is 29.3 Å². The van der Waals surface area contributed by atoms with Crippen molar-refractivity contribution in [2.45, 2.75) is 95.7 Å². The normalized spacial score (nSPS) is 36.6. The number of hydrogen-bond donors (Lipinski definition) is 2. The first-order valence-corrected chi connectivity index (χ1v) is 13.4. The van der Waals surface area contributed by atoms with Crippen LogP contribution in [0.4, 0.5) is 0 Å². The van der Waals surface area contributed by atoms with E-state index in [9.17, 15) is 19.8 Å². The minimum atomic E-state index is -1.30. The van der Waals surface area contributed by atoms with Crippen LogP contribution < -0.4 is 0 Å². The van der Waals surface area contributed by atoms with Gasteiger partial charge in [0.15, 0.2) is 5.06 Å². The number of epoxide rings is 1. The number of aromatic nitrogens is 1. The van der Waals surface area contributed by atoms with Crippen molar-refractivity contribution in [2.24, 2.45) is 17.3 Å². The number of Topliss-reactive ketones (excluding diaryl/α,β-unsaturated/α-hetero) is 1. The van der Waals surface area contributed by atoms with E-state index >= 15 is 0 Å². The molecule has 3 rings (SSSR count). The fraction of sp³-hybridized carbons (Fsp3) is 0.667. The molecule has 0 bridgehead atoms. The summed E-state index contributed by atoms with van der Waals surface area (Å²) in [5.41, 5.74) is -0.657. The Balaban J connectivity index is 1.87. The molecule has 2 aliphatic heterocycles. The first kappa shape index (κ1) is 29.1. The van der Waals surface area contributed by atoms with Crippen molar-refractivity contribution in [1.82, 2.24) is 4.98 Å². The summed E-state index contributed by atoms with van der Waals surface area (Å²) in [5, 5.41) is 21.2. The first-order chi connectivity index (χ1) is 16.9. The number of cyclic esters (lactones) is 1. The van der Waals surface area contributed by atoms with Gasteiger partial charge in [-0.25, -0.2) is 0 Å². The molecule has 0 aromatic carbocycles. The molecule has 2 N–H and O–H groups in total. The van der Waals surface area contributed by atoms with Gasteiger partial charge in [0.1, 0.15) is 18.0 Å². The highest BCUT2D eigenvalue weighted by Crippen LogP contribution is 2.49. The molecule has 2 aliphatic rings. The zero-order valence-electron chi connectivity index (χ0n) is 21.3. The van der Waals surface area contributed by atoms with Gasteiger partial charge >= 0.3 is 5.97 Å². The molecule has 2 fully saturated rings. The van der Waals surface area contributed by atoms with Crippen molar-refractivity contribution in [3.8, 4) is 0 Å². The van der Waals surface area contributed by atoms with Crippen molar-refractivity contribution < 1.29 is 29.3 Å². The summed E-state index contributed by atoms with van der Waals surface area (Å²) >= 11 is 13.2. The van der Waals surface area contributed by atoms with E-state index in [4.69, 9.17) is 32.7 Å². The van der Waals surface area contributed by atoms with Crippen molar-refractivity contribution in [1.29, 1.82) is 0 Å². The third-order valence-electron chi connectivity index (χ3n) is 7.52. The van der Waals surface area contributed by atoms with Gasteiger partial charge in [0.05, 0.1) is 34.8 Å². The van der Waals surface area contributed by atoms with E-state index in [2.05, 4.69) is 4.98 Å². The Morgan fingerprint density at radius 2 is 2.00 bits per heavy atom. The SMILES string of the molecule is CC[C@H]1C(=O)C(C)(C)[C@@H](O)CC(=O)O[C@H](/C(Cl)=C/c2ccccn2)CC2OC2(Cl)CCC[C@H](C)[C@@H]1O. The van der Waals surface area contributed by atoms with Gasteiger partial charge in [0.25, 0.3) is 0 Å². The summed E-state index contributed by atoms with van der Waals surface area (Å²) in [6.45, 7) is 6.95. The molecule has 0 amide bonds. The Morgan fingerprint density at radius 1 is 1.28 bits per heavy atom. The Bertz CT molecular complexity index is 955. The summed E-state index contributed by atoms with van der Waals surface area (Å²) in [6, 6.07) is 5.38. The minimum Gasteiger partial charge on any atom is -0.456 e. The zero-order valence-corrected chi connectivity index (χ0v) is 22.8. The van der Waals surface area contributed by atoms with Crippen LogP contribution in [-0.2, 0) is 19.1 Å². The number of pyridine rings is 1. The van der Waals surface area contributed by atoms with Crippen LogP contribution in [0.2, 0.25) is 0 Å². The van der Waals surface area contributed by atoms with Crippen LogP contribution in [0.5, 0.6) is 0 Å². The number of alkyl halides is 1. The number of aliphatic hydroxyl groups is 2. The van der Waals surface area contributed by atoms with Crippen LogP contribution in [-0.4, -0.2) is 56.4 Å².